The molecule has 2 N–H and O–H groups in total. The maximum atomic E-state index is 13.3. The molecule has 0 saturated heterocycles. The number of halogens is 1. The first kappa shape index (κ1) is 19.7. The predicted octanol–water partition coefficient (Wildman–Crippen LogP) is 3.92. The van der Waals surface area contributed by atoms with Crippen molar-refractivity contribution in [3.63, 3.8) is 0 Å². The number of nitrogens with zero attached hydrogens (tertiary/aromatic N) is 1. The number of hydrogen-bond acceptors (Lipinski definition) is 4. The van der Waals surface area contributed by atoms with E-state index in [-0.39, 0.29) is 23.4 Å². The van der Waals surface area contributed by atoms with Crippen LogP contribution < -0.4 is 10.6 Å². The molecule has 8 heteroatoms. The fourth-order valence-electron chi connectivity index (χ4n) is 2.64. The van der Waals surface area contributed by atoms with Gasteiger partial charge in [-0.1, -0.05) is 24.3 Å². The Morgan fingerprint density at radius 2 is 1.59 bits per heavy atom. The quantitative estimate of drug-likeness (QED) is 0.490. The highest BCUT2D eigenvalue weighted by atomic mass is 19.1. The summed E-state index contributed by atoms with van der Waals surface area (Å²) in [5.41, 5.74) is 1.39. The third-order valence-electron chi connectivity index (χ3n) is 4.04. The Kier molecular flexibility index (Phi) is 5.94. The Labute approximate surface area is 165 Å². The molecule has 0 aliphatic rings. The first-order valence-electron chi connectivity index (χ1n) is 8.61. The molecule has 0 spiro atoms. The largest absolute Gasteiger partial charge is 0.348 e. The fourth-order valence-corrected chi connectivity index (χ4v) is 2.64. The average molecular weight is 393 g/mol. The van der Waals surface area contributed by atoms with Crippen LogP contribution >= 0.6 is 0 Å². The molecule has 0 heterocycles. The zero-order valence-corrected chi connectivity index (χ0v) is 15.1. The van der Waals surface area contributed by atoms with Crippen molar-refractivity contribution < 1.29 is 18.9 Å². The molecule has 0 aliphatic heterocycles. The predicted molar refractivity (Wildman–Crippen MR) is 105 cm³/mol. The number of carbonyl (C=O) groups excluding carboxylic acids is 2. The number of nitro benzene ring substituents is 1. The summed E-state index contributed by atoms with van der Waals surface area (Å²) in [6.07, 6.45) is 0. The van der Waals surface area contributed by atoms with Crippen LogP contribution in [0.25, 0.3) is 0 Å². The van der Waals surface area contributed by atoms with E-state index in [0.717, 1.165) is 6.07 Å². The number of nitrogens with one attached hydrogen (secondary N) is 2. The summed E-state index contributed by atoms with van der Waals surface area (Å²) in [6, 6.07) is 17.6. The maximum absolute atomic E-state index is 13.3. The van der Waals surface area contributed by atoms with Gasteiger partial charge in [0, 0.05) is 35.5 Å². The van der Waals surface area contributed by atoms with Crippen LogP contribution in [-0.4, -0.2) is 16.7 Å². The Hall–Kier alpha value is -4.07. The van der Waals surface area contributed by atoms with E-state index in [1.165, 1.54) is 42.5 Å². The zero-order valence-electron chi connectivity index (χ0n) is 15.1. The third kappa shape index (κ3) is 5.23. The van der Waals surface area contributed by atoms with Crippen LogP contribution in [0, 0.1) is 15.9 Å². The standard InChI is InChI=1S/C21H16FN3O4/c22-17-7-2-5-15(11-17)21(27)24-18-8-1-4-14(10-18)13-23-20(26)16-6-3-9-19(12-16)25(28)29/h1-12H,13H2,(H,23,26)(H,24,27). The SMILES string of the molecule is O=C(NCc1cccc(NC(=O)c2cccc(F)c2)c1)c1cccc([N+](=O)[O-])c1. The first-order valence-corrected chi connectivity index (χ1v) is 8.61. The molecule has 146 valence electrons. The number of nitro groups is 1. The summed E-state index contributed by atoms with van der Waals surface area (Å²) in [7, 11) is 0. The summed E-state index contributed by atoms with van der Waals surface area (Å²) in [5.74, 6) is -1.42. The summed E-state index contributed by atoms with van der Waals surface area (Å²) in [5, 5.41) is 16.2. The van der Waals surface area contributed by atoms with Crippen molar-refractivity contribution in [3.05, 3.63) is 105 Å². The van der Waals surface area contributed by atoms with Gasteiger partial charge in [0.15, 0.2) is 0 Å². The highest BCUT2D eigenvalue weighted by molar-refractivity contribution is 6.04. The van der Waals surface area contributed by atoms with Gasteiger partial charge in [-0.15, -0.1) is 0 Å². The topological polar surface area (TPSA) is 101 Å². The Bertz CT molecular complexity index is 1080. The van der Waals surface area contributed by atoms with Gasteiger partial charge in [-0.3, -0.25) is 19.7 Å². The Morgan fingerprint density at radius 1 is 0.897 bits per heavy atom. The minimum atomic E-state index is -0.568. The fraction of sp³-hybridized carbons (Fsp3) is 0.0476. The van der Waals surface area contributed by atoms with Crippen molar-refractivity contribution >= 4 is 23.2 Å². The molecule has 0 aromatic heterocycles. The summed E-state index contributed by atoms with van der Waals surface area (Å²) >= 11 is 0. The van der Waals surface area contributed by atoms with Crippen LogP contribution in [0.3, 0.4) is 0 Å². The minimum Gasteiger partial charge on any atom is -0.348 e. The monoisotopic (exact) mass is 393 g/mol. The molecule has 0 atom stereocenters. The number of amides is 2. The van der Waals surface area contributed by atoms with Crippen LogP contribution in [0.15, 0.2) is 72.8 Å². The van der Waals surface area contributed by atoms with E-state index in [9.17, 15) is 24.1 Å². The Balaban J connectivity index is 1.64. The van der Waals surface area contributed by atoms with Crippen LogP contribution in [0.2, 0.25) is 0 Å². The Morgan fingerprint density at radius 3 is 2.31 bits per heavy atom. The smallest absolute Gasteiger partial charge is 0.270 e. The van der Waals surface area contributed by atoms with E-state index in [1.807, 2.05) is 0 Å². The lowest BCUT2D eigenvalue weighted by atomic mass is 10.1. The van der Waals surface area contributed by atoms with Gasteiger partial charge in [-0.25, -0.2) is 4.39 Å². The van der Waals surface area contributed by atoms with E-state index in [0.29, 0.717) is 11.3 Å². The molecule has 0 unspecified atom stereocenters. The number of non-ortho nitro benzene ring substituents is 1. The van der Waals surface area contributed by atoms with Crippen molar-refractivity contribution in [2.75, 3.05) is 5.32 Å². The molecule has 2 amide bonds. The molecule has 3 aromatic carbocycles. The molecule has 0 aliphatic carbocycles. The van der Waals surface area contributed by atoms with Gasteiger partial charge in [0.2, 0.25) is 0 Å². The number of hydrogen-bond donors (Lipinski definition) is 2. The van der Waals surface area contributed by atoms with E-state index in [2.05, 4.69) is 10.6 Å². The maximum Gasteiger partial charge on any atom is 0.270 e. The lowest BCUT2D eigenvalue weighted by Crippen LogP contribution is -2.23. The number of carbonyl (C=O) groups is 2. The summed E-state index contributed by atoms with van der Waals surface area (Å²) in [4.78, 5) is 34.7. The highest BCUT2D eigenvalue weighted by Gasteiger charge is 2.12. The molecule has 29 heavy (non-hydrogen) atoms. The number of rotatable bonds is 6. The first-order chi connectivity index (χ1) is 13.9. The molecule has 0 saturated carbocycles. The minimum absolute atomic E-state index is 0.158. The van der Waals surface area contributed by atoms with Crippen molar-refractivity contribution in [2.45, 2.75) is 6.54 Å². The lowest BCUT2D eigenvalue weighted by molar-refractivity contribution is -0.384. The normalized spacial score (nSPS) is 10.2. The number of benzene rings is 3. The van der Waals surface area contributed by atoms with Gasteiger partial charge >= 0.3 is 0 Å². The van der Waals surface area contributed by atoms with E-state index in [4.69, 9.17) is 0 Å². The van der Waals surface area contributed by atoms with Crippen molar-refractivity contribution in [3.8, 4) is 0 Å². The van der Waals surface area contributed by atoms with Gasteiger partial charge in [0.05, 0.1) is 4.92 Å². The van der Waals surface area contributed by atoms with Crippen LogP contribution in [0.4, 0.5) is 15.8 Å². The van der Waals surface area contributed by atoms with E-state index < -0.39 is 22.6 Å². The second-order valence-corrected chi connectivity index (χ2v) is 6.15. The van der Waals surface area contributed by atoms with E-state index in [1.54, 1.807) is 24.3 Å². The van der Waals surface area contributed by atoms with Crippen molar-refractivity contribution in [1.82, 2.24) is 5.32 Å². The molecule has 7 nitrogen and oxygen atoms in total. The molecule has 0 radical (unpaired) electrons. The summed E-state index contributed by atoms with van der Waals surface area (Å²) in [6.45, 7) is 0.158. The van der Waals surface area contributed by atoms with Gasteiger partial charge < -0.3 is 10.6 Å². The molecule has 0 fully saturated rings. The lowest BCUT2D eigenvalue weighted by Gasteiger charge is -2.09. The number of anilines is 1. The molecular weight excluding hydrogens is 377 g/mol. The van der Waals surface area contributed by atoms with Crippen molar-refractivity contribution in [2.24, 2.45) is 0 Å². The average Bonchev–Trinajstić information content (AvgIpc) is 2.72. The highest BCUT2D eigenvalue weighted by Crippen LogP contribution is 2.15. The van der Waals surface area contributed by atoms with Crippen LogP contribution in [0.1, 0.15) is 26.3 Å². The molecule has 3 rings (SSSR count). The zero-order chi connectivity index (χ0) is 20.8. The van der Waals surface area contributed by atoms with Crippen LogP contribution in [0.5, 0.6) is 0 Å². The van der Waals surface area contributed by atoms with Gasteiger partial charge in [-0.05, 0) is 42.0 Å². The van der Waals surface area contributed by atoms with Gasteiger partial charge in [0.25, 0.3) is 17.5 Å². The molecular formula is C21H16FN3O4. The molecule has 3 aromatic rings. The van der Waals surface area contributed by atoms with Gasteiger partial charge in [-0.2, -0.15) is 0 Å². The van der Waals surface area contributed by atoms with Crippen LogP contribution in [-0.2, 0) is 6.54 Å². The van der Waals surface area contributed by atoms with E-state index >= 15 is 0 Å². The molecule has 0 bridgehead atoms. The summed E-state index contributed by atoms with van der Waals surface area (Å²) < 4.78 is 13.3. The second kappa shape index (κ2) is 8.75. The third-order valence-corrected chi connectivity index (χ3v) is 4.04. The van der Waals surface area contributed by atoms with Gasteiger partial charge in [0.1, 0.15) is 5.82 Å². The van der Waals surface area contributed by atoms with Crippen molar-refractivity contribution in [1.29, 1.82) is 0 Å². The second-order valence-electron chi connectivity index (χ2n) is 6.15.